The Morgan fingerprint density at radius 2 is 2.18 bits per heavy atom. The summed E-state index contributed by atoms with van der Waals surface area (Å²) in [6, 6.07) is 7.47. The number of hydrogen-bond acceptors (Lipinski definition) is 4. The lowest BCUT2D eigenvalue weighted by Crippen LogP contribution is -2.44. The van der Waals surface area contributed by atoms with E-state index in [4.69, 9.17) is 0 Å². The van der Waals surface area contributed by atoms with Gasteiger partial charge < -0.3 is 15.1 Å². The van der Waals surface area contributed by atoms with Crippen molar-refractivity contribution in [2.24, 2.45) is 0 Å². The van der Waals surface area contributed by atoms with Crippen LogP contribution in [0.3, 0.4) is 0 Å². The second kappa shape index (κ2) is 7.65. The summed E-state index contributed by atoms with van der Waals surface area (Å²) < 4.78 is 0. The van der Waals surface area contributed by atoms with Gasteiger partial charge in [-0.05, 0) is 31.8 Å². The zero-order valence-electron chi connectivity index (χ0n) is 13.3. The van der Waals surface area contributed by atoms with Gasteiger partial charge in [-0.2, -0.15) is 0 Å². The average molecular weight is 321 g/mol. The van der Waals surface area contributed by atoms with Crippen molar-refractivity contribution in [1.82, 2.24) is 9.80 Å². The van der Waals surface area contributed by atoms with Crippen LogP contribution in [0.5, 0.6) is 0 Å². The maximum absolute atomic E-state index is 12.5. The van der Waals surface area contributed by atoms with E-state index in [-0.39, 0.29) is 17.9 Å². The molecule has 2 amide bonds. The fourth-order valence-electron chi connectivity index (χ4n) is 2.45. The molecule has 22 heavy (non-hydrogen) atoms. The number of rotatable bonds is 5. The maximum atomic E-state index is 12.5. The summed E-state index contributed by atoms with van der Waals surface area (Å²) >= 11 is 1.62. The molecule has 0 unspecified atom stereocenters. The van der Waals surface area contributed by atoms with Crippen LogP contribution in [0.1, 0.15) is 18.9 Å². The first-order valence-electron chi connectivity index (χ1n) is 7.43. The number of benzene rings is 1. The van der Waals surface area contributed by atoms with Gasteiger partial charge in [-0.3, -0.25) is 9.59 Å². The van der Waals surface area contributed by atoms with Crippen LogP contribution < -0.4 is 5.32 Å². The molecular weight excluding hydrogens is 298 g/mol. The van der Waals surface area contributed by atoms with E-state index < -0.39 is 0 Å². The van der Waals surface area contributed by atoms with Crippen molar-refractivity contribution >= 4 is 29.3 Å². The van der Waals surface area contributed by atoms with Gasteiger partial charge in [-0.15, -0.1) is 11.8 Å². The average Bonchev–Trinajstić information content (AvgIpc) is 2.95. The van der Waals surface area contributed by atoms with Gasteiger partial charge in [0.2, 0.25) is 11.8 Å². The van der Waals surface area contributed by atoms with Gasteiger partial charge in [-0.1, -0.05) is 19.1 Å². The van der Waals surface area contributed by atoms with Crippen LogP contribution in [0.2, 0.25) is 0 Å². The van der Waals surface area contributed by atoms with E-state index in [1.807, 2.05) is 45.3 Å². The van der Waals surface area contributed by atoms with E-state index in [1.165, 1.54) is 0 Å². The maximum Gasteiger partial charge on any atom is 0.248 e. The molecule has 0 aliphatic carbocycles. The number of anilines is 1. The van der Waals surface area contributed by atoms with E-state index in [1.54, 1.807) is 16.7 Å². The minimum atomic E-state index is -0.366. The number of nitrogens with one attached hydrogen (secondary N) is 1. The van der Waals surface area contributed by atoms with Crippen molar-refractivity contribution in [3.8, 4) is 0 Å². The molecule has 1 aromatic rings. The van der Waals surface area contributed by atoms with Crippen molar-refractivity contribution in [1.29, 1.82) is 0 Å². The Morgan fingerprint density at radius 3 is 2.86 bits per heavy atom. The van der Waals surface area contributed by atoms with E-state index in [0.717, 1.165) is 17.8 Å². The normalized spacial score (nSPS) is 17.8. The first kappa shape index (κ1) is 16.8. The number of carbonyl (C=O) groups is 2. The van der Waals surface area contributed by atoms with E-state index >= 15 is 0 Å². The molecule has 0 radical (unpaired) electrons. The number of nitrogens with zero attached hydrogens (tertiary/aromatic N) is 2. The zero-order valence-corrected chi connectivity index (χ0v) is 14.2. The van der Waals surface area contributed by atoms with Gasteiger partial charge in [0.1, 0.15) is 6.04 Å². The molecule has 1 N–H and O–H groups in total. The SMILES string of the molecule is CCC(=O)N1CSC[C@@H]1C(=O)Nc1cccc(CN(C)C)c1. The Kier molecular flexibility index (Phi) is 5.85. The van der Waals surface area contributed by atoms with Crippen LogP contribution in [-0.2, 0) is 16.1 Å². The molecule has 0 aromatic heterocycles. The highest BCUT2D eigenvalue weighted by Crippen LogP contribution is 2.23. The molecule has 1 aromatic carbocycles. The van der Waals surface area contributed by atoms with E-state index in [9.17, 15) is 9.59 Å². The summed E-state index contributed by atoms with van der Waals surface area (Å²) in [6.07, 6.45) is 0.433. The summed E-state index contributed by atoms with van der Waals surface area (Å²) in [7, 11) is 4.02. The topological polar surface area (TPSA) is 52.7 Å². The minimum absolute atomic E-state index is 0.0338. The standard InChI is InChI=1S/C16H23N3O2S/c1-4-15(20)19-11-22-10-14(19)16(21)17-13-7-5-6-12(8-13)9-18(2)3/h5-8,14H,4,9-11H2,1-3H3,(H,17,21)/t14-/m1/s1. The van der Waals surface area contributed by atoms with Crippen LogP contribution in [0.25, 0.3) is 0 Å². The molecule has 1 saturated heterocycles. The number of hydrogen-bond donors (Lipinski definition) is 1. The van der Waals surface area contributed by atoms with Crippen LogP contribution in [0.15, 0.2) is 24.3 Å². The van der Waals surface area contributed by atoms with Crippen LogP contribution >= 0.6 is 11.8 Å². The summed E-state index contributed by atoms with van der Waals surface area (Å²) in [5, 5.41) is 2.94. The summed E-state index contributed by atoms with van der Waals surface area (Å²) in [5.74, 6) is 1.20. The molecule has 1 aliphatic rings. The first-order chi connectivity index (χ1) is 10.5. The molecule has 120 valence electrons. The highest BCUT2D eigenvalue weighted by atomic mass is 32.2. The Bertz CT molecular complexity index is 548. The largest absolute Gasteiger partial charge is 0.324 e. The third kappa shape index (κ3) is 4.24. The smallest absolute Gasteiger partial charge is 0.248 e. The van der Waals surface area contributed by atoms with Gasteiger partial charge >= 0.3 is 0 Å². The molecule has 0 spiro atoms. The molecular formula is C16H23N3O2S. The highest BCUT2D eigenvalue weighted by Gasteiger charge is 2.33. The molecule has 1 atom stereocenters. The van der Waals surface area contributed by atoms with Crippen LogP contribution in [0.4, 0.5) is 5.69 Å². The van der Waals surface area contributed by atoms with Gasteiger partial charge in [0.25, 0.3) is 0 Å². The van der Waals surface area contributed by atoms with Crippen molar-refractivity contribution in [2.45, 2.75) is 25.9 Å². The Labute approximate surface area is 136 Å². The zero-order chi connectivity index (χ0) is 16.1. The predicted molar refractivity (Wildman–Crippen MR) is 90.7 cm³/mol. The third-order valence-electron chi connectivity index (χ3n) is 3.50. The Balaban J connectivity index is 2.03. The summed E-state index contributed by atoms with van der Waals surface area (Å²) in [4.78, 5) is 28.1. The lowest BCUT2D eigenvalue weighted by atomic mass is 10.2. The van der Waals surface area contributed by atoms with Crippen molar-refractivity contribution in [2.75, 3.05) is 31.0 Å². The minimum Gasteiger partial charge on any atom is -0.324 e. The van der Waals surface area contributed by atoms with Gasteiger partial charge in [0.15, 0.2) is 0 Å². The second-order valence-electron chi connectivity index (χ2n) is 5.66. The van der Waals surface area contributed by atoms with Gasteiger partial charge in [0, 0.05) is 24.4 Å². The first-order valence-corrected chi connectivity index (χ1v) is 8.58. The lowest BCUT2D eigenvalue weighted by molar-refractivity contribution is -0.135. The Morgan fingerprint density at radius 1 is 1.41 bits per heavy atom. The van der Waals surface area contributed by atoms with E-state index in [0.29, 0.717) is 18.1 Å². The molecule has 6 heteroatoms. The molecule has 1 fully saturated rings. The highest BCUT2D eigenvalue weighted by molar-refractivity contribution is 7.99. The molecule has 1 heterocycles. The number of amides is 2. The quantitative estimate of drug-likeness (QED) is 0.901. The van der Waals surface area contributed by atoms with Crippen molar-refractivity contribution in [3.05, 3.63) is 29.8 Å². The van der Waals surface area contributed by atoms with Gasteiger partial charge in [0.05, 0.1) is 5.88 Å². The molecule has 1 aliphatic heterocycles. The summed E-state index contributed by atoms with van der Waals surface area (Å²) in [5.41, 5.74) is 1.93. The molecule has 5 nitrogen and oxygen atoms in total. The number of carbonyl (C=O) groups excluding carboxylic acids is 2. The molecule has 0 saturated carbocycles. The molecule has 0 bridgehead atoms. The van der Waals surface area contributed by atoms with E-state index in [2.05, 4.69) is 10.2 Å². The van der Waals surface area contributed by atoms with Crippen LogP contribution in [-0.4, -0.2) is 53.4 Å². The lowest BCUT2D eigenvalue weighted by Gasteiger charge is -2.22. The fraction of sp³-hybridized carbons (Fsp3) is 0.500. The third-order valence-corrected chi connectivity index (χ3v) is 4.51. The molecule has 2 rings (SSSR count). The second-order valence-corrected chi connectivity index (χ2v) is 6.66. The van der Waals surface area contributed by atoms with Crippen molar-refractivity contribution < 1.29 is 9.59 Å². The van der Waals surface area contributed by atoms with Gasteiger partial charge in [-0.25, -0.2) is 0 Å². The van der Waals surface area contributed by atoms with Crippen LogP contribution in [0, 0.1) is 0 Å². The van der Waals surface area contributed by atoms with Crippen molar-refractivity contribution in [3.63, 3.8) is 0 Å². The predicted octanol–water partition coefficient (Wildman–Crippen LogP) is 2.00. The number of thioether (sulfide) groups is 1. The summed E-state index contributed by atoms with van der Waals surface area (Å²) in [6.45, 7) is 2.65. The fourth-order valence-corrected chi connectivity index (χ4v) is 3.63. The Hall–Kier alpha value is -1.53. The monoisotopic (exact) mass is 321 g/mol.